The molecule has 0 bridgehead atoms. The lowest BCUT2D eigenvalue weighted by molar-refractivity contribution is 0.102. The van der Waals surface area contributed by atoms with E-state index in [0.29, 0.717) is 22.6 Å². The summed E-state index contributed by atoms with van der Waals surface area (Å²) in [6, 6.07) is 21.9. The van der Waals surface area contributed by atoms with Crippen molar-refractivity contribution in [2.75, 3.05) is 11.6 Å². The van der Waals surface area contributed by atoms with Gasteiger partial charge in [-0.3, -0.25) is 10.1 Å². The number of hydrogen-bond donors (Lipinski definition) is 1. The van der Waals surface area contributed by atoms with E-state index in [9.17, 15) is 13.2 Å². The molecule has 1 N–H and O–H groups in total. The van der Waals surface area contributed by atoms with Crippen molar-refractivity contribution in [1.82, 2.24) is 10.2 Å². The maximum Gasteiger partial charge on any atom is 0.322 e. The lowest BCUT2D eigenvalue weighted by Gasteiger charge is -2.06. The molecule has 0 radical (unpaired) electrons. The van der Waals surface area contributed by atoms with Gasteiger partial charge < -0.3 is 9.15 Å². The normalized spacial score (nSPS) is 11.1. The molecule has 4 aromatic rings. The molecule has 1 amide bonds. The predicted molar refractivity (Wildman–Crippen MR) is 114 cm³/mol. The molecule has 8 nitrogen and oxygen atoms in total. The van der Waals surface area contributed by atoms with E-state index in [2.05, 4.69) is 15.5 Å². The number of aromatic nitrogens is 2. The predicted octanol–water partition coefficient (Wildman–Crippen LogP) is 4.18. The van der Waals surface area contributed by atoms with E-state index < -0.39 is 15.7 Å². The van der Waals surface area contributed by atoms with Gasteiger partial charge in [0.15, 0.2) is 9.84 Å². The Morgan fingerprint density at radius 2 is 1.52 bits per heavy atom. The highest BCUT2D eigenvalue weighted by atomic mass is 32.2. The zero-order chi connectivity index (χ0) is 21.8. The number of para-hydroxylation sites is 1. The minimum atomic E-state index is -3.30. The van der Waals surface area contributed by atoms with Gasteiger partial charge in [-0.2, -0.15) is 0 Å². The highest BCUT2D eigenvalue weighted by Crippen LogP contribution is 2.23. The minimum absolute atomic E-state index is 0.0724. The standard InChI is InChI=1S/C22H17N3O5S/c1-31(27,28)19-13-9-16(10-14-19)21-24-25-22(30-21)23-20(26)15-7-11-18(12-8-15)29-17-5-3-2-4-6-17/h2-14H,1H3,(H,23,25,26). The van der Waals surface area contributed by atoms with Crippen molar-refractivity contribution in [1.29, 1.82) is 0 Å². The van der Waals surface area contributed by atoms with Crippen molar-refractivity contribution in [3.05, 3.63) is 84.4 Å². The summed E-state index contributed by atoms with van der Waals surface area (Å²) in [4.78, 5) is 12.6. The Bertz CT molecular complexity index is 1300. The third-order valence-electron chi connectivity index (χ3n) is 4.27. The molecule has 0 aliphatic rings. The second-order valence-corrected chi connectivity index (χ2v) is 8.62. The second-order valence-electron chi connectivity index (χ2n) is 6.60. The van der Waals surface area contributed by atoms with Gasteiger partial charge in [0, 0.05) is 17.4 Å². The number of nitrogens with zero attached hydrogens (tertiary/aromatic N) is 2. The van der Waals surface area contributed by atoms with Crippen LogP contribution in [-0.2, 0) is 9.84 Å². The van der Waals surface area contributed by atoms with Crippen LogP contribution in [0.1, 0.15) is 10.4 Å². The van der Waals surface area contributed by atoms with Gasteiger partial charge in [0.2, 0.25) is 5.89 Å². The number of ether oxygens (including phenoxy) is 1. The molecule has 0 aliphatic heterocycles. The van der Waals surface area contributed by atoms with Crippen molar-refractivity contribution in [3.63, 3.8) is 0 Å². The van der Waals surface area contributed by atoms with Gasteiger partial charge in [0.05, 0.1) is 4.90 Å². The molecule has 3 aromatic carbocycles. The number of amides is 1. The van der Waals surface area contributed by atoms with E-state index in [0.717, 1.165) is 6.26 Å². The van der Waals surface area contributed by atoms with Gasteiger partial charge in [0.1, 0.15) is 11.5 Å². The first-order chi connectivity index (χ1) is 14.9. The Kier molecular flexibility index (Phi) is 5.50. The fourth-order valence-corrected chi connectivity index (χ4v) is 3.33. The Hall–Kier alpha value is -3.98. The van der Waals surface area contributed by atoms with Gasteiger partial charge in [-0.15, -0.1) is 5.10 Å². The van der Waals surface area contributed by atoms with Gasteiger partial charge >= 0.3 is 6.01 Å². The summed E-state index contributed by atoms with van der Waals surface area (Å²) in [5.74, 6) is 1.03. The number of rotatable bonds is 6. The molecular formula is C22H17N3O5S. The first-order valence-corrected chi connectivity index (χ1v) is 11.1. The quantitative estimate of drug-likeness (QED) is 0.483. The third kappa shape index (κ3) is 4.96. The van der Waals surface area contributed by atoms with Crippen LogP contribution < -0.4 is 10.1 Å². The molecule has 0 saturated carbocycles. The molecule has 0 saturated heterocycles. The van der Waals surface area contributed by atoms with Crippen LogP contribution in [0.4, 0.5) is 6.01 Å². The first kappa shape index (κ1) is 20.3. The summed E-state index contributed by atoms with van der Waals surface area (Å²) >= 11 is 0. The SMILES string of the molecule is CS(=O)(=O)c1ccc(-c2nnc(NC(=O)c3ccc(Oc4ccccc4)cc3)o2)cc1. The number of hydrogen-bond acceptors (Lipinski definition) is 7. The lowest BCUT2D eigenvalue weighted by atomic mass is 10.2. The van der Waals surface area contributed by atoms with Gasteiger partial charge in [-0.25, -0.2) is 8.42 Å². The fraction of sp³-hybridized carbons (Fsp3) is 0.0455. The number of benzene rings is 3. The lowest BCUT2D eigenvalue weighted by Crippen LogP contribution is -2.11. The van der Waals surface area contributed by atoms with Crippen molar-refractivity contribution in [3.8, 4) is 23.0 Å². The number of carbonyl (C=O) groups is 1. The number of nitrogens with one attached hydrogen (secondary N) is 1. The smallest absolute Gasteiger partial charge is 0.322 e. The summed E-state index contributed by atoms with van der Waals surface area (Å²) in [6.45, 7) is 0. The molecule has 0 fully saturated rings. The fourth-order valence-electron chi connectivity index (χ4n) is 2.70. The van der Waals surface area contributed by atoms with Crippen LogP contribution in [0.2, 0.25) is 0 Å². The molecule has 1 aromatic heterocycles. The van der Waals surface area contributed by atoms with Crippen molar-refractivity contribution in [2.24, 2.45) is 0 Å². The molecule has 31 heavy (non-hydrogen) atoms. The summed E-state index contributed by atoms with van der Waals surface area (Å²) < 4.78 is 34.3. The molecule has 0 spiro atoms. The Morgan fingerprint density at radius 1 is 0.871 bits per heavy atom. The largest absolute Gasteiger partial charge is 0.457 e. The van der Waals surface area contributed by atoms with Crippen LogP contribution in [0.25, 0.3) is 11.5 Å². The van der Waals surface area contributed by atoms with Gasteiger partial charge in [0.25, 0.3) is 5.91 Å². The maximum atomic E-state index is 12.4. The topological polar surface area (TPSA) is 111 Å². The molecule has 1 heterocycles. The molecule has 156 valence electrons. The third-order valence-corrected chi connectivity index (χ3v) is 5.40. The first-order valence-electron chi connectivity index (χ1n) is 9.17. The van der Waals surface area contributed by atoms with Gasteiger partial charge in [-0.05, 0) is 60.7 Å². The van der Waals surface area contributed by atoms with Crippen molar-refractivity contribution >= 4 is 21.8 Å². The zero-order valence-electron chi connectivity index (χ0n) is 16.3. The Morgan fingerprint density at radius 3 is 2.16 bits per heavy atom. The summed E-state index contributed by atoms with van der Waals surface area (Å²) in [5, 5.41) is 10.2. The summed E-state index contributed by atoms with van der Waals surface area (Å²) in [7, 11) is -3.30. The Balaban J connectivity index is 1.42. The van der Waals surface area contributed by atoms with Crippen LogP contribution in [0.15, 0.2) is 88.2 Å². The number of anilines is 1. The molecule has 0 aliphatic carbocycles. The minimum Gasteiger partial charge on any atom is -0.457 e. The van der Waals surface area contributed by atoms with E-state index in [4.69, 9.17) is 9.15 Å². The maximum absolute atomic E-state index is 12.4. The molecular weight excluding hydrogens is 418 g/mol. The van der Waals surface area contributed by atoms with E-state index in [1.807, 2.05) is 30.3 Å². The van der Waals surface area contributed by atoms with Crippen LogP contribution in [-0.4, -0.2) is 30.8 Å². The molecule has 0 unspecified atom stereocenters. The average molecular weight is 435 g/mol. The number of carbonyl (C=O) groups excluding carboxylic acids is 1. The van der Waals surface area contributed by atoms with Crippen LogP contribution in [0, 0.1) is 0 Å². The molecule has 0 atom stereocenters. The highest BCUT2D eigenvalue weighted by Gasteiger charge is 2.14. The highest BCUT2D eigenvalue weighted by molar-refractivity contribution is 7.90. The monoisotopic (exact) mass is 435 g/mol. The zero-order valence-corrected chi connectivity index (χ0v) is 17.2. The van der Waals surface area contributed by atoms with E-state index in [1.54, 1.807) is 36.4 Å². The van der Waals surface area contributed by atoms with Crippen LogP contribution >= 0.6 is 0 Å². The van der Waals surface area contributed by atoms with Crippen molar-refractivity contribution in [2.45, 2.75) is 4.90 Å². The number of sulfone groups is 1. The van der Waals surface area contributed by atoms with Gasteiger partial charge in [-0.1, -0.05) is 23.3 Å². The van der Waals surface area contributed by atoms with E-state index in [-0.39, 0.29) is 16.8 Å². The average Bonchev–Trinajstić information content (AvgIpc) is 3.23. The Labute approximate surface area is 178 Å². The van der Waals surface area contributed by atoms with Crippen LogP contribution in [0.5, 0.6) is 11.5 Å². The van der Waals surface area contributed by atoms with E-state index in [1.165, 1.54) is 12.1 Å². The molecule has 4 rings (SSSR count). The van der Waals surface area contributed by atoms with E-state index >= 15 is 0 Å². The van der Waals surface area contributed by atoms with Crippen molar-refractivity contribution < 1.29 is 22.4 Å². The van der Waals surface area contributed by atoms with Crippen LogP contribution in [0.3, 0.4) is 0 Å². The second kappa shape index (κ2) is 8.41. The summed E-state index contributed by atoms with van der Waals surface area (Å²) in [5.41, 5.74) is 0.917. The molecule has 9 heteroatoms. The summed E-state index contributed by atoms with van der Waals surface area (Å²) in [6.07, 6.45) is 1.13.